The highest BCUT2D eigenvalue weighted by Gasteiger charge is 2.43. The smallest absolute Gasteiger partial charge is 0.282 e. The molecule has 3 aromatic rings. The van der Waals surface area contributed by atoms with E-state index in [0.717, 1.165) is 18.2 Å². The largest absolute Gasteiger partial charge is 0.493 e. The van der Waals surface area contributed by atoms with Crippen LogP contribution in [0.1, 0.15) is 5.56 Å². The molecule has 0 saturated heterocycles. The molecule has 2 amide bonds. The highest BCUT2D eigenvalue weighted by molar-refractivity contribution is 6.46. The topological polar surface area (TPSA) is 59.1 Å². The van der Waals surface area contributed by atoms with E-state index in [-0.39, 0.29) is 11.3 Å². The molecule has 1 aliphatic heterocycles. The molecule has 168 valence electrons. The second-order valence-corrected chi connectivity index (χ2v) is 7.23. The van der Waals surface area contributed by atoms with Crippen LogP contribution < -0.4 is 19.3 Å². The summed E-state index contributed by atoms with van der Waals surface area (Å²) >= 11 is 0. The van der Waals surface area contributed by atoms with Crippen molar-refractivity contribution < 1.29 is 27.8 Å². The van der Waals surface area contributed by atoms with E-state index in [1.165, 1.54) is 14.2 Å². The number of benzene rings is 3. The van der Waals surface area contributed by atoms with Crippen LogP contribution in [0.2, 0.25) is 0 Å². The van der Waals surface area contributed by atoms with E-state index in [1.807, 2.05) is 6.07 Å². The van der Waals surface area contributed by atoms with Crippen molar-refractivity contribution in [3.63, 3.8) is 0 Å². The lowest BCUT2D eigenvalue weighted by molar-refractivity contribution is -0.120. The van der Waals surface area contributed by atoms with Crippen LogP contribution in [0.4, 0.5) is 20.2 Å². The van der Waals surface area contributed by atoms with Crippen molar-refractivity contribution in [2.45, 2.75) is 0 Å². The van der Waals surface area contributed by atoms with Crippen LogP contribution in [0.3, 0.4) is 0 Å². The summed E-state index contributed by atoms with van der Waals surface area (Å²) in [5.41, 5.74) is 0.578. The van der Waals surface area contributed by atoms with Gasteiger partial charge in [-0.1, -0.05) is 24.3 Å². The molecule has 8 heteroatoms. The molecule has 0 bridgehead atoms. The molecule has 1 aliphatic rings. The Morgan fingerprint density at radius 1 is 0.818 bits per heavy atom. The first kappa shape index (κ1) is 22.0. The summed E-state index contributed by atoms with van der Waals surface area (Å²) in [6, 6.07) is 16.3. The van der Waals surface area contributed by atoms with Gasteiger partial charge in [0.05, 0.1) is 25.5 Å². The zero-order valence-electron chi connectivity index (χ0n) is 18.1. The van der Waals surface area contributed by atoms with Crippen molar-refractivity contribution in [3.05, 3.63) is 89.6 Å². The van der Waals surface area contributed by atoms with Crippen LogP contribution in [0.5, 0.6) is 11.5 Å². The zero-order chi connectivity index (χ0) is 23.7. The minimum atomic E-state index is -0.895. The van der Waals surface area contributed by atoms with E-state index in [4.69, 9.17) is 9.47 Å². The fourth-order valence-electron chi connectivity index (χ4n) is 3.74. The summed E-state index contributed by atoms with van der Waals surface area (Å²) in [5.74, 6) is -2.45. The number of anilines is 2. The Balaban J connectivity index is 1.93. The minimum Gasteiger partial charge on any atom is -0.493 e. The summed E-state index contributed by atoms with van der Waals surface area (Å²) in [6.45, 7) is 0. The number of ether oxygens (including phenoxy) is 2. The SMILES string of the molecule is COc1ccc(C2=C(N(C)c3ccccc3)C(=O)N(c3cc(F)ccc3F)C2=O)cc1OC. The van der Waals surface area contributed by atoms with Gasteiger partial charge in [-0.3, -0.25) is 9.59 Å². The molecule has 0 spiro atoms. The summed E-state index contributed by atoms with van der Waals surface area (Å²) in [5, 5.41) is 0. The lowest BCUT2D eigenvalue weighted by atomic mass is 10.0. The van der Waals surface area contributed by atoms with Gasteiger partial charge in [-0.25, -0.2) is 13.7 Å². The number of hydrogen-bond donors (Lipinski definition) is 0. The van der Waals surface area contributed by atoms with Gasteiger partial charge in [-0.15, -0.1) is 0 Å². The van der Waals surface area contributed by atoms with E-state index in [9.17, 15) is 18.4 Å². The molecular weight excluding hydrogens is 430 g/mol. The number of nitrogens with zero attached hydrogens (tertiary/aromatic N) is 2. The van der Waals surface area contributed by atoms with E-state index < -0.39 is 29.1 Å². The van der Waals surface area contributed by atoms with Crippen LogP contribution in [-0.4, -0.2) is 33.1 Å². The highest BCUT2D eigenvalue weighted by Crippen LogP contribution is 2.39. The third-order valence-corrected chi connectivity index (χ3v) is 5.36. The van der Waals surface area contributed by atoms with Crippen molar-refractivity contribution in [3.8, 4) is 11.5 Å². The van der Waals surface area contributed by atoms with Crippen molar-refractivity contribution in [2.75, 3.05) is 31.1 Å². The van der Waals surface area contributed by atoms with Crippen LogP contribution in [0, 0.1) is 11.6 Å². The molecule has 0 atom stereocenters. The standard InChI is InChI=1S/C25H20F2N2O4/c1-28(17-7-5-4-6-8-17)23-22(15-9-12-20(32-2)21(13-15)33-3)24(30)29(25(23)31)19-14-16(26)10-11-18(19)27/h4-14H,1-3H3. The van der Waals surface area contributed by atoms with Gasteiger partial charge < -0.3 is 14.4 Å². The van der Waals surface area contributed by atoms with Gasteiger partial charge in [0.25, 0.3) is 11.8 Å². The fraction of sp³-hybridized carbons (Fsp3) is 0.120. The molecule has 4 rings (SSSR count). The number of carbonyl (C=O) groups is 2. The van der Waals surface area contributed by atoms with E-state index in [2.05, 4.69) is 0 Å². The summed E-state index contributed by atoms with van der Waals surface area (Å²) in [4.78, 5) is 29.3. The van der Waals surface area contributed by atoms with Crippen LogP contribution >= 0.6 is 0 Å². The average Bonchev–Trinajstić information content (AvgIpc) is 3.09. The quantitative estimate of drug-likeness (QED) is 0.521. The van der Waals surface area contributed by atoms with Gasteiger partial charge in [0.15, 0.2) is 11.5 Å². The summed E-state index contributed by atoms with van der Waals surface area (Å²) < 4.78 is 39.1. The Kier molecular flexibility index (Phi) is 5.83. The van der Waals surface area contributed by atoms with E-state index in [1.54, 1.807) is 54.4 Å². The Hall–Kier alpha value is -4.20. The molecule has 33 heavy (non-hydrogen) atoms. The van der Waals surface area contributed by atoms with Crippen molar-refractivity contribution in [1.82, 2.24) is 0 Å². The zero-order valence-corrected chi connectivity index (χ0v) is 18.1. The maximum Gasteiger partial charge on any atom is 0.282 e. The number of methoxy groups -OCH3 is 2. The first-order chi connectivity index (χ1) is 15.9. The second-order valence-electron chi connectivity index (χ2n) is 7.23. The number of carbonyl (C=O) groups excluding carboxylic acids is 2. The van der Waals surface area contributed by atoms with Crippen LogP contribution in [-0.2, 0) is 9.59 Å². The molecule has 0 saturated carbocycles. The van der Waals surface area contributed by atoms with Gasteiger partial charge in [-0.2, -0.15) is 0 Å². The number of para-hydroxylation sites is 1. The maximum atomic E-state index is 14.6. The van der Waals surface area contributed by atoms with Gasteiger partial charge in [0.1, 0.15) is 17.3 Å². The lowest BCUT2D eigenvalue weighted by Crippen LogP contribution is -2.35. The molecule has 0 aromatic heterocycles. The molecule has 0 aliphatic carbocycles. The van der Waals surface area contributed by atoms with Gasteiger partial charge in [0.2, 0.25) is 0 Å². The number of halogens is 2. The van der Waals surface area contributed by atoms with Crippen molar-refractivity contribution in [2.24, 2.45) is 0 Å². The predicted molar refractivity (Wildman–Crippen MR) is 120 cm³/mol. The molecule has 0 unspecified atom stereocenters. The Bertz CT molecular complexity index is 1270. The third kappa shape index (κ3) is 3.80. The first-order valence-electron chi connectivity index (χ1n) is 9.96. The van der Waals surface area contributed by atoms with E-state index >= 15 is 0 Å². The number of hydrogen-bond acceptors (Lipinski definition) is 5. The third-order valence-electron chi connectivity index (χ3n) is 5.36. The Labute approximate surface area is 189 Å². The molecule has 1 heterocycles. The van der Waals surface area contributed by atoms with Gasteiger partial charge in [0, 0.05) is 18.8 Å². The van der Waals surface area contributed by atoms with E-state index in [0.29, 0.717) is 27.6 Å². The number of imide groups is 1. The number of likely N-dealkylation sites (N-methyl/N-ethyl adjacent to an activating group) is 1. The van der Waals surface area contributed by atoms with Crippen LogP contribution in [0.25, 0.3) is 5.57 Å². The Morgan fingerprint density at radius 3 is 2.18 bits per heavy atom. The molecule has 0 N–H and O–H groups in total. The monoisotopic (exact) mass is 450 g/mol. The predicted octanol–water partition coefficient (Wildman–Crippen LogP) is 4.40. The molecule has 6 nitrogen and oxygen atoms in total. The van der Waals surface area contributed by atoms with Gasteiger partial charge >= 0.3 is 0 Å². The number of amides is 2. The molecule has 0 fully saturated rings. The number of rotatable bonds is 6. The van der Waals surface area contributed by atoms with Crippen LogP contribution in [0.15, 0.2) is 72.4 Å². The van der Waals surface area contributed by atoms with Crippen molar-refractivity contribution >= 4 is 28.8 Å². The lowest BCUT2D eigenvalue weighted by Gasteiger charge is -2.21. The highest BCUT2D eigenvalue weighted by atomic mass is 19.1. The summed E-state index contributed by atoms with van der Waals surface area (Å²) in [7, 11) is 4.55. The van der Waals surface area contributed by atoms with Gasteiger partial charge in [-0.05, 0) is 42.0 Å². The maximum absolute atomic E-state index is 14.6. The molecular formula is C25H20F2N2O4. The first-order valence-corrected chi connectivity index (χ1v) is 9.96. The molecule has 0 radical (unpaired) electrons. The molecule has 3 aromatic carbocycles. The second kappa shape index (κ2) is 8.74. The average molecular weight is 450 g/mol. The summed E-state index contributed by atoms with van der Waals surface area (Å²) in [6.07, 6.45) is 0. The fourth-order valence-corrected chi connectivity index (χ4v) is 3.74. The minimum absolute atomic E-state index is 0.0158. The Morgan fingerprint density at radius 2 is 1.52 bits per heavy atom. The van der Waals surface area contributed by atoms with Crippen molar-refractivity contribution in [1.29, 1.82) is 0 Å². The normalized spacial score (nSPS) is 13.5.